The molecule has 0 aliphatic heterocycles. The molecule has 20 heavy (non-hydrogen) atoms. The van der Waals surface area contributed by atoms with Crippen LogP contribution >= 0.6 is 11.8 Å². The maximum atomic E-state index is 11.7. The summed E-state index contributed by atoms with van der Waals surface area (Å²) in [6.07, 6.45) is 0. The summed E-state index contributed by atoms with van der Waals surface area (Å²) in [7, 11) is 0. The highest BCUT2D eigenvalue weighted by molar-refractivity contribution is 7.99. The average Bonchev–Trinajstić information content (AvgIpc) is 2.43. The van der Waals surface area contributed by atoms with Crippen LogP contribution in [0.4, 0.5) is 5.69 Å². The highest BCUT2D eigenvalue weighted by atomic mass is 32.2. The van der Waals surface area contributed by atoms with Crippen LogP contribution < -0.4 is 11.1 Å². The van der Waals surface area contributed by atoms with Crippen LogP contribution in [0.15, 0.2) is 52.3 Å². The highest BCUT2D eigenvalue weighted by Gasteiger charge is 2.08. The SMILES string of the molecule is CCNC(=O)c1ccc(Sc2ccc(C)cc2)c(N)c1. The Balaban J connectivity index is 2.17. The summed E-state index contributed by atoms with van der Waals surface area (Å²) >= 11 is 1.60. The smallest absolute Gasteiger partial charge is 0.251 e. The standard InChI is InChI=1S/C16H18N2OS/c1-3-18-16(19)12-6-9-15(14(17)10-12)20-13-7-4-11(2)5-8-13/h4-10H,3,17H2,1-2H3,(H,18,19). The van der Waals surface area contributed by atoms with Gasteiger partial charge in [0.15, 0.2) is 0 Å². The predicted molar refractivity (Wildman–Crippen MR) is 84.2 cm³/mol. The molecular formula is C16H18N2OS. The maximum Gasteiger partial charge on any atom is 0.251 e. The van der Waals surface area contributed by atoms with Crippen LogP contribution in [0.3, 0.4) is 0 Å². The third-order valence-corrected chi connectivity index (χ3v) is 3.96. The van der Waals surface area contributed by atoms with Gasteiger partial charge >= 0.3 is 0 Å². The van der Waals surface area contributed by atoms with E-state index in [1.807, 2.05) is 13.0 Å². The molecule has 2 rings (SSSR count). The van der Waals surface area contributed by atoms with Crippen molar-refractivity contribution in [1.29, 1.82) is 0 Å². The number of aryl methyl sites for hydroxylation is 1. The zero-order valence-corrected chi connectivity index (χ0v) is 12.5. The first-order valence-corrected chi connectivity index (χ1v) is 7.34. The molecule has 0 saturated heterocycles. The van der Waals surface area contributed by atoms with Crippen LogP contribution in [0.5, 0.6) is 0 Å². The van der Waals surface area contributed by atoms with Crippen molar-refractivity contribution in [2.24, 2.45) is 0 Å². The molecule has 0 aliphatic carbocycles. The van der Waals surface area contributed by atoms with Gasteiger partial charge < -0.3 is 11.1 Å². The summed E-state index contributed by atoms with van der Waals surface area (Å²) in [6, 6.07) is 13.7. The van der Waals surface area contributed by atoms with Crippen LogP contribution in [0.1, 0.15) is 22.8 Å². The van der Waals surface area contributed by atoms with Gasteiger partial charge in [-0.05, 0) is 44.2 Å². The molecule has 2 aromatic carbocycles. The van der Waals surface area contributed by atoms with Crippen molar-refractivity contribution in [3.8, 4) is 0 Å². The summed E-state index contributed by atoms with van der Waals surface area (Å²) in [5.74, 6) is -0.0916. The second-order valence-corrected chi connectivity index (χ2v) is 5.64. The van der Waals surface area contributed by atoms with E-state index in [9.17, 15) is 4.79 Å². The molecule has 4 heteroatoms. The van der Waals surface area contributed by atoms with E-state index < -0.39 is 0 Å². The first-order valence-electron chi connectivity index (χ1n) is 6.52. The number of anilines is 1. The van der Waals surface area contributed by atoms with Crippen LogP contribution in [0, 0.1) is 6.92 Å². The molecule has 2 aromatic rings. The van der Waals surface area contributed by atoms with E-state index in [2.05, 4.69) is 36.5 Å². The molecule has 0 radical (unpaired) electrons. The Morgan fingerprint density at radius 1 is 1.20 bits per heavy atom. The molecule has 0 aliphatic rings. The van der Waals surface area contributed by atoms with E-state index in [1.54, 1.807) is 23.9 Å². The van der Waals surface area contributed by atoms with Gasteiger partial charge in [-0.1, -0.05) is 29.5 Å². The molecular weight excluding hydrogens is 268 g/mol. The number of hydrogen-bond donors (Lipinski definition) is 2. The van der Waals surface area contributed by atoms with Crippen molar-refractivity contribution in [2.45, 2.75) is 23.6 Å². The van der Waals surface area contributed by atoms with Crippen LogP contribution in [-0.4, -0.2) is 12.5 Å². The second-order valence-electron chi connectivity index (χ2n) is 4.53. The number of nitrogens with one attached hydrogen (secondary N) is 1. The Morgan fingerprint density at radius 2 is 1.90 bits per heavy atom. The summed E-state index contributed by atoms with van der Waals surface area (Å²) in [6.45, 7) is 4.56. The summed E-state index contributed by atoms with van der Waals surface area (Å²) < 4.78 is 0. The quantitative estimate of drug-likeness (QED) is 0.846. The van der Waals surface area contributed by atoms with Crippen LogP contribution in [0.25, 0.3) is 0 Å². The Kier molecular flexibility index (Phi) is 4.69. The zero-order chi connectivity index (χ0) is 14.5. The Labute approximate surface area is 123 Å². The summed E-state index contributed by atoms with van der Waals surface area (Å²) in [5.41, 5.74) is 8.48. The minimum atomic E-state index is -0.0916. The molecule has 104 valence electrons. The van der Waals surface area contributed by atoms with Crippen molar-refractivity contribution in [3.63, 3.8) is 0 Å². The van der Waals surface area contributed by atoms with E-state index in [-0.39, 0.29) is 5.91 Å². The van der Waals surface area contributed by atoms with Crippen LogP contribution in [-0.2, 0) is 0 Å². The molecule has 0 spiro atoms. The lowest BCUT2D eigenvalue weighted by atomic mass is 10.2. The van der Waals surface area contributed by atoms with Crippen LogP contribution in [0.2, 0.25) is 0 Å². The molecule has 0 unspecified atom stereocenters. The van der Waals surface area contributed by atoms with Gasteiger partial charge in [0, 0.05) is 27.6 Å². The second kappa shape index (κ2) is 6.48. The number of carbonyl (C=O) groups is 1. The Morgan fingerprint density at radius 3 is 2.50 bits per heavy atom. The van der Waals surface area contributed by atoms with Gasteiger partial charge in [-0.15, -0.1) is 0 Å². The minimum absolute atomic E-state index is 0.0916. The fourth-order valence-corrected chi connectivity index (χ4v) is 2.62. The number of carbonyl (C=O) groups excluding carboxylic acids is 1. The van der Waals surface area contributed by atoms with Crippen molar-refractivity contribution < 1.29 is 4.79 Å². The molecule has 0 bridgehead atoms. The first-order chi connectivity index (χ1) is 9.60. The number of hydrogen-bond acceptors (Lipinski definition) is 3. The molecule has 0 aromatic heterocycles. The predicted octanol–water partition coefficient (Wildman–Crippen LogP) is 3.48. The van der Waals surface area contributed by atoms with Gasteiger partial charge in [0.05, 0.1) is 0 Å². The number of amides is 1. The molecule has 3 nitrogen and oxygen atoms in total. The monoisotopic (exact) mass is 286 g/mol. The molecule has 0 saturated carbocycles. The third kappa shape index (κ3) is 3.54. The van der Waals surface area contributed by atoms with E-state index in [1.165, 1.54) is 5.56 Å². The van der Waals surface area contributed by atoms with E-state index >= 15 is 0 Å². The maximum absolute atomic E-state index is 11.7. The van der Waals surface area contributed by atoms with Crippen molar-refractivity contribution in [1.82, 2.24) is 5.32 Å². The van der Waals surface area contributed by atoms with Gasteiger partial charge in [0.2, 0.25) is 0 Å². The lowest BCUT2D eigenvalue weighted by Crippen LogP contribution is -2.22. The zero-order valence-electron chi connectivity index (χ0n) is 11.6. The van der Waals surface area contributed by atoms with E-state index in [0.29, 0.717) is 17.8 Å². The number of nitrogens with two attached hydrogens (primary N) is 1. The summed E-state index contributed by atoms with van der Waals surface area (Å²) in [5, 5.41) is 2.76. The van der Waals surface area contributed by atoms with Crippen molar-refractivity contribution in [3.05, 3.63) is 53.6 Å². The van der Waals surface area contributed by atoms with Gasteiger partial charge in [-0.3, -0.25) is 4.79 Å². The third-order valence-electron chi connectivity index (χ3n) is 2.86. The first kappa shape index (κ1) is 14.5. The number of nitrogen functional groups attached to an aromatic ring is 1. The lowest BCUT2D eigenvalue weighted by Gasteiger charge is -2.08. The highest BCUT2D eigenvalue weighted by Crippen LogP contribution is 2.32. The topological polar surface area (TPSA) is 55.1 Å². The fraction of sp³-hybridized carbons (Fsp3) is 0.188. The van der Waals surface area contributed by atoms with E-state index in [4.69, 9.17) is 5.73 Å². The molecule has 0 atom stereocenters. The molecule has 3 N–H and O–H groups in total. The van der Waals surface area contributed by atoms with Gasteiger partial charge in [0.1, 0.15) is 0 Å². The largest absolute Gasteiger partial charge is 0.398 e. The molecule has 0 heterocycles. The van der Waals surface area contributed by atoms with Crippen molar-refractivity contribution >= 4 is 23.4 Å². The normalized spacial score (nSPS) is 10.3. The van der Waals surface area contributed by atoms with E-state index in [0.717, 1.165) is 9.79 Å². The van der Waals surface area contributed by atoms with Gasteiger partial charge in [-0.25, -0.2) is 0 Å². The Bertz CT molecular complexity index is 608. The minimum Gasteiger partial charge on any atom is -0.398 e. The molecule has 1 amide bonds. The van der Waals surface area contributed by atoms with Gasteiger partial charge in [-0.2, -0.15) is 0 Å². The molecule has 0 fully saturated rings. The average molecular weight is 286 g/mol. The number of rotatable bonds is 4. The number of benzene rings is 2. The van der Waals surface area contributed by atoms with Gasteiger partial charge in [0.25, 0.3) is 5.91 Å². The summed E-state index contributed by atoms with van der Waals surface area (Å²) in [4.78, 5) is 13.8. The fourth-order valence-electron chi connectivity index (χ4n) is 1.78. The lowest BCUT2D eigenvalue weighted by molar-refractivity contribution is 0.0956. The Hall–Kier alpha value is -1.94. The van der Waals surface area contributed by atoms with Crippen molar-refractivity contribution in [2.75, 3.05) is 12.3 Å².